The van der Waals surface area contributed by atoms with Crippen molar-refractivity contribution in [2.24, 2.45) is 5.92 Å². The van der Waals surface area contributed by atoms with Gasteiger partial charge in [-0.05, 0) is 0 Å². The molecule has 0 saturated heterocycles. The molecule has 120 valence electrons. The third-order valence-corrected chi connectivity index (χ3v) is 2.91. The Morgan fingerprint density at radius 1 is 1.10 bits per heavy atom. The Hall–Kier alpha value is -0.540. The minimum atomic E-state index is -4.45. The minimum absolute atomic E-state index is 0.352. The molecule has 0 amide bonds. The lowest BCUT2D eigenvalue weighted by molar-refractivity contribution is -0.150. The maximum Gasteiger partial charge on any atom is 0.472 e. The summed E-state index contributed by atoms with van der Waals surface area (Å²) >= 11 is 0. The van der Waals surface area contributed by atoms with Gasteiger partial charge in [-0.15, -0.1) is 0 Å². The zero-order valence-corrected chi connectivity index (χ0v) is 12.2. The highest BCUT2D eigenvalue weighted by atomic mass is 31.2. The number of carbonyl (C=O) groups excluding carboxylic acids is 1. The number of rotatable bonds is 10. The van der Waals surface area contributed by atoms with Gasteiger partial charge in [0.2, 0.25) is 0 Å². The average Bonchev–Trinajstić information content (AvgIpc) is 2.39. The van der Waals surface area contributed by atoms with Gasteiger partial charge in [0.05, 0.1) is 25.7 Å². The van der Waals surface area contributed by atoms with Crippen molar-refractivity contribution in [3.63, 3.8) is 0 Å². The first kappa shape index (κ1) is 19.5. The molecule has 0 aromatic heterocycles. The molecule has 20 heavy (non-hydrogen) atoms. The molecule has 0 saturated carbocycles. The van der Waals surface area contributed by atoms with E-state index >= 15 is 0 Å². The normalized spacial score (nSPS) is 17.6. The van der Waals surface area contributed by atoms with Crippen molar-refractivity contribution in [1.82, 2.24) is 0 Å². The number of esters is 1. The van der Waals surface area contributed by atoms with Crippen LogP contribution >= 0.6 is 7.82 Å². The van der Waals surface area contributed by atoms with E-state index in [9.17, 15) is 19.4 Å². The standard InChI is InChI=1S/C10H21O9P/c1-7(2)10(14)17-4-9(13)6-19-20(15,16)18-5-8(12)3-11/h7-9,11-13H,3-6H2,1-2H3,(H,15,16). The van der Waals surface area contributed by atoms with Crippen LogP contribution in [0.1, 0.15) is 13.8 Å². The van der Waals surface area contributed by atoms with Gasteiger partial charge in [-0.1, -0.05) is 13.8 Å². The second-order valence-electron chi connectivity index (χ2n) is 4.34. The lowest BCUT2D eigenvalue weighted by Gasteiger charge is -2.16. The van der Waals surface area contributed by atoms with Crippen LogP contribution in [-0.2, 0) is 23.1 Å². The van der Waals surface area contributed by atoms with E-state index in [1.54, 1.807) is 13.8 Å². The molecule has 4 N–H and O–H groups in total. The van der Waals surface area contributed by atoms with E-state index in [0.717, 1.165) is 0 Å². The maximum atomic E-state index is 11.3. The van der Waals surface area contributed by atoms with Crippen molar-refractivity contribution in [1.29, 1.82) is 0 Å². The summed E-state index contributed by atoms with van der Waals surface area (Å²) in [5.74, 6) is -0.867. The molecule has 0 spiro atoms. The Balaban J connectivity index is 3.95. The van der Waals surface area contributed by atoms with Gasteiger partial charge in [-0.25, -0.2) is 4.57 Å². The molecule has 0 aliphatic rings. The second-order valence-corrected chi connectivity index (χ2v) is 5.79. The minimum Gasteiger partial charge on any atom is -0.463 e. The molecule has 0 rings (SSSR count). The molecule has 0 aromatic carbocycles. The van der Waals surface area contributed by atoms with Crippen LogP contribution in [0.2, 0.25) is 0 Å². The Morgan fingerprint density at radius 2 is 1.60 bits per heavy atom. The predicted octanol–water partition coefficient (Wildman–Crippen LogP) is -0.967. The molecule has 3 unspecified atom stereocenters. The molecule has 0 heterocycles. The van der Waals surface area contributed by atoms with Crippen LogP contribution < -0.4 is 0 Å². The zero-order valence-electron chi connectivity index (χ0n) is 11.3. The van der Waals surface area contributed by atoms with E-state index in [0.29, 0.717) is 0 Å². The van der Waals surface area contributed by atoms with Gasteiger partial charge in [0.1, 0.15) is 18.8 Å². The number of phosphoric acid groups is 1. The van der Waals surface area contributed by atoms with Crippen LogP contribution in [0.5, 0.6) is 0 Å². The predicted molar refractivity (Wildman–Crippen MR) is 66.6 cm³/mol. The Kier molecular flexibility index (Phi) is 9.15. The zero-order chi connectivity index (χ0) is 15.8. The fourth-order valence-corrected chi connectivity index (χ4v) is 1.64. The third-order valence-electron chi connectivity index (χ3n) is 1.96. The summed E-state index contributed by atoms with van der Waals surface area (Å²) in [6.45, 7) is 1.04. The first-order valence-electron chi connectivity index (χ1n) is 5.93. The quantitative estimate of drug-likeness (QED) is 0.296. The molecule has 0 aromatic rings. The van der Waals surface area contributed by atoms with Gasteiger partial charge in [0.15, 0.2) is 0 Å². The SMILES string of the molecule is CC(C)C(=O)OCC(O)COP(=O)(O)OCC(O)CO. The van der Waals surface area contributed by atoms with Gasteiger partial charge in [-0.2, -0.15) is 0 Å². The fraction of sp³-hybridized carbons (Fsp3) is 0.900. The van der Waals surface area contributed by atoms with E-state index in [1.165, 1.54) is 0 Å². The van der Waals surface area contributed by atoms with Crippen molar-refractivity contribution in [3.8, 4) is 0 Å². The highest BCUT2D eigenvalue weighted by Crippen LogP contribution is 2.43. The monoisotopic (exact) mass is 316 g/mol. The molecule has 0 aliphatic carbocycles. The number of carbonyl (C=O) groups is 1. The van der Waals surface area contributed by atoms with Crippen LogP contribution in [0, 0.1) is 5.92 Å². The van der Waals surface area contributed by atoms with E-state index in [4.69, 9.17) is 14.9 Å². The first-order valence-corrected chi connectivity index (χ1v) is 7.43. The fourth-order valence-electron chi connectivity index (χ4n) is 0.844. The molecule has 0 aliphatic heterocycles. The lowest BCUT2D eigenvalue weighted by atomic mass is 10.2. The molecule has 10 heteroatoms. The van der Waals surface area contributed by atoms with Gasteiger partial charge >= 0.3 is 13.8 Å². The summed E-state index contributed by atoms with van der Waals surface area (Å²) < 4.78 is 24.8. The molecule has 0 fully saturated rings. The highest BCUT2D eigenvalue weighted by molar-refractivity contribution is 7.47. The van der Waals surface area contributed by atoms with E-state index in [-0.39, 0.29) is 12.5 Å². The Bertz CT molecular complexity index is 333. The molecule has 0 radical (unpaired) electrons. The molecule has 3 atom stereocenters. The maximum absolute atomic E-state index is 11.3. The topological polar surface area (TPSA) is 143 Å². The summed E-state index contributed by atoms with van der Waals surface area (Å²) in [5, 5.41) is 26.8. The first-order chi connectivity index (χ1) is 9.18. The summed E-state index contributed by atoms with van der Waals surface area (Å²) in [6, 6.07) is 0. The van der Waals surface area contributed by atoms with Crippen LogP contribution in [0.25, 0.3) is 0 Å². The van der Waals surface area contributed by atoms with Gasteiger partial charge < -0.3 is 24.9 Å². The van der Waals surface area contributed by atoms with Crippen molar-refractivity contribution in [2.45, 2.75) is 26.1 Å². The summed E-state index contributed by atoms with van der Waals surface area (Å²) in [5.41, 5.74) is 0. The van der Waals surface area contributed by atoms with Crippen LogP contribution in [0.15, 0.2) is 0 Å². The Morgan fingerprint density at radius 3 is 2.05 bits per heavy atom. The van der Waals surface area contributed by atoms with Gasteiger partial charge in [0, 0.05) is 0 Å². The summed E-state index contributed by atoms with van der Waals surface area (Å²) in [7, 11) is -4.45. The number of hydrogen-bond acceptors (Lipinski definition) is 8. The third kappa shape index (κ3) is 9.38. The van der Waals surface area contributed by atoms with Gasteiger partial charge in [-0.3, -0.25) is 13.8 Å². The van der Waals surface area contributed by atoms with E-state index in [1.807, 2.05) is 0 Å². The largest absolute Gasteiger partial charge is 0.472 e. The number of aliphatic hydroxyl groups is 3. The van der Waals surface area contributed by atoms with E-state index in [2.05, 4.69) is 9.05 Å². The Labute approximate surface area is 116 Å². The molecule has 9 nitrogen and oxygen atoms in total. The van der Waals surface area contributed by atoms with Crippen LogP contribution in [-0.4, -0.2) is 64.8 Å². The van der Waals surface area contributed by atoms with Crippen molar-refractivity contribution < 1.29 is 43.4 Å². The smallest absolute Gasteiger partial charge is 0.463 e. The average molecular weight is 316 g/mol. The number of ether oxygens (including phenoxy) is 1. The van der Waals surface area contributed by atoms with Crippen LogP contribution in [0.3, 0.4) is 0 Å². The second kappa shape index (κ2) is 9.41. The van der Waals surface area contributed by atoms with Crippen molar-refractivity contribution >= 4 is 13.8 Å². The summed E-state index contributed by atoms with van der Waals surface area (Å²) in [4.78, 5) is 20.3. The number of aliphatic hydroxyl groups excluding tert-OH is 3. The lowest BCUT2D eigenvalue weighted by Crippen LogP contribution is -2.25. The molecular weight excluding hydrogens is 295 g/mol. The van der Waals surface area contributed by atoms with Crippen molar-refractivity contribution in [3.05, 3.63) is 0 Å². The highest BCUT2D eigenvalue weighted by Gasteiger charge is 2.24. The molecule has 0 bridgehead atoms. The van der Waals surface area contributed by atoms with E-state index < -0.39 is 45.8 Å². The van der Waals surface area contributed by atoms with Gasteiger partial charge in [0.25, 0.3) is 0 Å². The summed E-state index contributed by atoms with van der Waals surface area (Å²) in [6.07, 6.45) is -2.60. The molecular formula is C10H21O9P. The number of hydrogen-bond donors (Lipinski definition) is 4. The van der Waals surface area contributed by atoms with Crippen molar-refractivity contribution in [2.75, 3.05) is 26.4 Å². The number of phosphoric ester groups is 1. The van der Waals surface area contributed by atoms with Crippen LogP contribution in [0.4, 0.5) is 0 Å².